The van der Waals surface area contributed by atoms with Crippen LogP contribution in [0.2, 0.25) is 5.02 Å². The van der Waals surface area contributed by atoms with Crippen LogP contribution in [0.5, 0.6) is 5.75 Å². The minimum absolute atomic E-state index is 0.0541. The molecular weight excluding hydrogens is 791 g/mol. The number of alkyl halides is 3. The zero-order valence-corrected chi connectivity index (χ0v) is 32.8. The van der Waals surface area contributed by atoms with E-state index in [-0.39, 0.29) is 52.1 Å². The molecule has 0 bridgehead atoms. The van der Waals surface area contributed by atoms with Gasteiger partial charge in [-0.25, -0.2) is 18.1 Å². The number of halogens is 4. The molecule has 3 aromatic heterocycles. The highest BCUT2D eigenvalue weighted by molar-refractivity contribution is 7.89. The van der Waals surface area contributed by atoms with Crippen molar-refractivity contribution in [2.24, 2.45) is 5.41 Å². The summed E-state index contributed by atoms with van der Waals surface area (Å²) in [5, 5.41) is 12.1. The van der Waals surface area contributed by atoms with Crippen LogP contribution in [0, 0.1) is 23.7 Å². The first-order valence-corrected chi connectivity index (χ1v) is 21.0. The van der Waals surface area contributed by atoms with Crippen molar-refractivity contribution in [3.63, 3.8) is 0 Å². The average Bonchev–Trinajstić information content (AvgIpc) is 3.83. The number of ether oxygens (including phenoxy) is 1. The summed E-state index contributed by atoms with van der Waals surface area (Å²) in [6, 6.07) is 10.2. The summed E-state index contributed by atoms with van der Waals surface area (Å²) in [5.41, 5.74) is -0.371. The Morgan fingerprint density at radius 3 is 2.52 bits per heavy atom. The van der Waals surface area contributed by atoms with Gasteiger partial charge in [-0.05, 0) is 56.5 Å². The van der Waals surface area contributed by atoms with E-state index in [0.29, 0.717) is 63.4 Å². The second-order valence-corrected chi connectivity index (χ2v) is 17.9. The Morgan fingerprint density at radius 1 is 1.14 bits per heavy atom. The Kier molecular flexibility index (Phi) is 9.34. The third kappa shape index (κ3) is 6.86. The van der Waals surface area contributed by atoms with E-state index in [0.717, 1.165) is 38.3 Å². The molecule has 1 N–H and O–H groups in total. The molecule has 1 spiro atoms. The van der Waals surface area contributed by atoms with Gasteiger partial charge in [-0.3, -0.25) is 24.0 Å². The summed E-state index contributed by atoms with van der Waals surface area (Å²) in [6.45, 7) is 5.63. The highest BCUT2D eigenvalue weighted by atomic mass is 35.5. The van der Waals surface area contributed by atoms with E-state index in [1.807, 2.05) is 23.8 Å². The standard InChI is InChI=1S/C38H35ClF3N7O5S2/c1-4-22-12-25(34-32(45-22)27(15-55-34)35(50)46-56(3,52)53)24-11-21(39)5-8-30(24)54-10-9-49-20(2)44-29-13-28(38(40,41)42)33(26(14-43)31(29)36(49)51)48-18-37(19-48)16-47(17-37)23-6-7-23/h5,8,11-13,15,23H,4,6-7,9-10,16-19H2,1-3H3,(H,46,50). The van der Waals surface area contributed by atoms with E-state index >= 15 is 0 Å². The van der Waals surface area contributed by atoms with Crippen molar-refractivity contribution in [3.8, 4) is 22.9 Å². The molecule has 1 amide bonds. The first-order chi connectivity index (χ1) is 26.5. The molecule has 292 valence electrons. The lowest BCUT2D eigenvalue weighted by Gasteiger charge is -2.61. The lowest BCUT2D eigenvalue weighted by atomic mass is 9.72. The van der Waals surface area contributed by atoms with Crippen LogP contribution in [0.15, 0.2) is 40.5 Å². The minimum Gasteiger partial charge on any atom is -0.491 e. The number of carbonyl (C=O) groups is 1. The van der Waals surface area contributed by atoms with Crippen LogP contribution in [-0.2, 0) is 29.2 Å². The van der Waals surface area contributed by atoms with Gasteiger partial charge in [-0.1, -0.05) is 18.5 Å². The van der Waals surface area contributed by atoms with Gasteiger partial charge in [-0.15, -0.1) is 11.3 Å². The van der Waals surface area contributed by atoms with E-state index in [2.05, 4.69) is 14.9 Å². The van der Waals surface area contributed by atoms with Crippen LogP contribution in [0.25, 0.3) is 32.2 Å². The monoisotopic (exact) mass is 825 g/mol. The van der Waals surface area contributed by atoms with Crippen molar-refractivity contribution in [3.05, 3.63) is 79.3 Å². The minimum atomic E-state index is -4.78. The molecule has 18 heteroatoms. The van der Waals surface area contributed by atoms with Gasteiger partial charge in [0.1, 0.15) is 24.3 Å². The summed E-state index contributed by atoms with van der Waals surface area (Å²) < 4.78 is 77.4. The van der Waals surface area contributed by atoms with E-state index in [1.54, 1.807) is 23.1 Å². The Labute approximate surface area is 328 Å². The van der Waals surface area contributed by atoms with E-state index < -0.39 is 33.2 Å². The van der Waals surface area contributed by atoms with Crippen molar-refractivity contribution >= 4 is 65.7 Å². The molecule has 12 nitrogen and oxygen atoms in total. The van der Waals surface area contributed by atoms with Crippen LogP contribution in [0.1, 0.15) is 52.8 Å². The Morgan fingerprint density at radius 2 is 1.88 bits per heavy atom. The molecule has 0 radical (unpaired) electrons. The molecule has 56 heavy (non-hydrogen) atoms. The number of nitrogens with zero attached hydrogens (tertiary/aromatic N) is 6. The number of anilines is 1. The van der Waals surface area contributed by atoms with Gasteiger partial charge in [0, 0.05) is 64.9 Å². The van der Waals surface area contributed by atoms with Gasteiger partial charge in [0.25, 0.3) is 11.5 Å². The molecule has 1 aliphatic carbocycles. The lowest BCUT2D eigenvalue weighted by Crippen LogP contribution is -2.72. The Bertz CT molecular complexity index is 2670. The summed E-state index contributed by atoms with van der Waals surface area (Å²) in [6.07, 6.45) is -1.11. The highest BCUT2D eigenvalue weighted by Gasteiger charge is 2.56. The molecule has 8 rings (SSSR count). The number of hydrogen-bond donors (Lipinski definition) is 1. The van der Waals surface area contributed by atoms with Crippen LogP contribution in [0.4, 0.5) is 18.9 Å². The number of aromatic nitrogens is 3. The molecule has 5 heterocycles. The third-order valence-corrected chi connectivity index (χ3v) is 12.4. The molecule has 2 aromatic carbocycles. The lowest BCUT2D eigenvalue weighted by molar-refractivity contribution is -0.137. The van der Waals surface area contributed by atoms with Gasteiger partial charge < -0.3 is 9.64 Å². The van der Waals surface area contributed by atoms with Gasteiger partial charge in [0.2, 0.25) is 10.0 Å². The number of thiophene rings is 1. The zero-order chi connectivity index (χ0) is 39.9. The van der Waals surface area contributed by atoms with Gasteiger partial charge in [0.05, 0.1) is 56.3 Å². The van der Waals surface area contributed by atoms with Crippen LogP contribution >= 0.6 is 22.9 Å². The van der Waals surface area contributed by atoms with Crippen molar-refractivity contribution in [1.82, 2.24) is 24.2 Å². The Hall–Kier alpha value is -4.76. The van der Waals surface area contributed by atoms with Gasteiger partial charge in [0.15, 0.2) is 0 Å². The van der Waals surface area contributed by atoms with Gasteiger partial charge >= 0.3 is 6.18 Å². The predicted molar refractivity (Wildman–Crippen MR) is 207 cm³/mol. The average molecular weight is 826 g/mol. The largest absolute Gasteiger partial charge is 0.491 e. The molecular formula is C38H35ClF3N7O5S2. The fraction of sp³-hybridized carbons (Fsp3) is 0.395. The van der Waals surface area contributed by atoms with E-state index in [9.17, 15) is 36.4 Å². The summed E-state index contributed by atoms with van der Waals surface area (Å²) in [7, 11) is -3.84. The second-order valence-electron chi connectivity index (χ2n) is 14.8. The summed E-state index contributed by atoms with van der Waals surface area (Å²) in [4.78, 5) is 40.0. The molecule has 1 saturated carbocycles. The molecule has 0 unspecified atom stereocenters. The topological polar surface area (TPSA) is 151 Å². The van der Waals surface area contributed by atoms with Crippen molar-refractivity contribution < 1.29 is 31.1 Å². The maximum absolute atomic E-state index is 14.6. The molecule has 3 fully saturated rings. The molecule has 3 aliphatic rings. The number of hydrogen-bond acceptors (Lipinski definition) is 11. The highest BCUT2D eigenvalue weighted by Crippen LogP contribution is 2.50. The number of pyridine rings is 1. The number of nitriles is 1. The van der Waals surface area contributed by atoms with Crippen molar-refractivity contribution in [2.45, 2.75) is 51.9 Å². The second kappa shape index (κ2) is 13.7. The fourth-order valence-electron chi connectivity index (χ4n) is 7.94. The van der Waals surface area contributed by atoms with Crippen LogP contribution in [-0.4, -0.2) is 78.8 Å². The number of amides is 1. The van der Waals surface area contributed by atoms with Crippen molar-refractivity contribution in [1.29, 1.82) is 5.26 Å². The molecule has 5 aromatic rings. The number of benzene rings is 2. The number of rotatable bonds is 10. The number of aryl methyl sites for hydroxylation is 2. The number of fused-ring (bicyclic) bond motifs is 2. The smallest absolute Gasteiger partial charge is 0.418 e. The van der Waals surface area contributed by atoms with Crippen molar-refractivity contribution in [2.75, 3.05) is 43.9 Å². The summed E-state index contributed by atoms with van der Waals surface area (Å²) in [5.74, 6) is -0.296. The predicted octanol–water partition coefficient (Wildman–Crippen LogP) is 6.14. The molecule has 2 aliphatic heterocycles. The normalized spacial score (nSPS) is 16.9. The van der Waals surface area contributed by atoms with E-state index in [1.165, 1.54) is 28.2 Å². The summed E-state index contributed by atoms with van der Waals surface area (Å²) >= 11 is 7.66. The first kappa shape index (κ1) is 38.1. The number of sulfonamides is 1. The quantitative estimate of drug-likeness (QED) is 0.174. The number of nitrogens with one attached hydrogen (secondary N) is 1. The fourth-order valence-corrected chi connectivity index (χ4v) is 9.58. The SMILES string of the molecule is CCc1cc(-c2cc(Cl)ccc2OCCn2c(C)nc3cc(C(F)(F)F)c(N4CC5(C4)CN(C4CC4)C5)c(C#N)c3c2=O)c2scc(C(=O)NS(C)(=O)=O)c2n1. The maximum Gasteiger partial charge on any atom is 0.418 e. The Balaban J connectivity index is 1.11. The number of carbonyl (C=O) groups excluding carboxylic acids is 1. The van der Waals surface area contributed by atoms with E-state index in [4.69, 9.17) is 16.3 Å². The van der Waals surface area contributed by atoms with Gasteiger partial charge in [-0.2, -0.15) is 18.4 Å². The zero-order valence-electron chi connectivity index (χ0n) is 30.5. The maximum atomic E-state index is 14.6. The van der Waals surface area contributed by atoms with Crippen LogP contribution < -0.4 is 19.9 Å². The first-order valence-electron chi connectivity index (χ1n) is 17.9. The number of likely N-dealkylation sites (tertiary alicyclic amines) is 1. The molecule has 2 saturated heterocycles. The molecule has 0 atom stereocenters. The third-order valence-electron chi connectivity index (χ3n) is 10.6. The van der Waals surface area contributed by atoms with Crippen LogP contribution in [0.3, 0.4) is 0 Å².